The van der Waals surface area contributed by atoms with E-state index in [0.717, 1.165) is 6.08 Å². The number of esters is 1. The van der Waals surface area contributed by atoms with E-state index in [1.54, 1.807) is 20.2 Å². The van der Waals surface area contributed by atoms with E-state index in [9.17, 15) is 9.59 Å². The minimum Gasteiger partial charge on any atom is -0.404 e. The van der Waals surface area contributed by atoms with Crippen molar-refractivity contribution in [2.45, 2.75) is 0 Å². The standard InChI is InChI=1S/C11H12N2O3/c1-4-10(14)16-9-6-5-8(7-12-9)11(15)13(2)3/h4-7H,1H2,2-3H3. The summed E-state index contributed by atoms with van der Waals surface area (Å²) in [4.78, 5) is 27.6. The maximum Gasteiger partial charge on any atom is 0.336 e. The van der Waals surface area contributed by atoms with Crippen LogP contribution in [0.3, 0.4) is 0 Å². The third kappa shape index (κ3) is 2.91. The van der Waals surface area contributed by atoms with Crippen LogP contribution < -0.4 is 4.74 Å². The van der Waals surface area contributed by atoms with Gasteiger partial charge in [-0.25, -0.2) is 9.78 Å². The van der Waals surface area contributed by atoms with Crippen LogP contribution in [-0.2, 0) is 4.79 Å². The van der Waals surface area contributed by atoms with E-state index in [1.165, 1.54) is 17.2 Å². The monoisotopic (exact) mass is 220 g/mol. The molecule has 0 aliphatic heterocycles. The van der Waals surface area contributed by atoms with Gasteiger partial charge in [-0.3, -0.25) is 4.79 Å². The number of hydrogen-bond acceptors (Lipinski definition) is 4. The Morgan fingerprint density at radius 2 is 2.12 bits per heavy atom. The SMILES string of the molecule is C=CC(=O)Oc1ccc(C(=O)N(C)C)cn1. The normalized spacial score (nSPS) is 9.38. The molecule has 16 heavy (non-hydrogen) atoms. The lowest BCUT2D eigenvalue weighted by molar-refractivity contribution is -0.129. The smallest absolute Gasteiger partial charge is 0.336 e. The highest BCUT2D eigenvalue weighted by Gasteiger charge is 2.09. The van der Waals surface area contributed by atoms with Crippen molar-refractivity contribution >= 4 is 11.9 Å². The van der Waals surface area contributed by atoms with Crippen LogP contribution in [0.25, 0.3) is 0 Å². The first kappa shape index (κ1) is 11.9. The number of nitrogens with zero attached hydrogens (tertiary/aromatic N) is 2. The summed E-state index contributed by atoms with van der Waals surface area (Å²) in [5, 5.41) is 0. The highest BCUT2D eigenvalue weighted by Crippen LogP contribution is 2.09. The average molecular weight is 220 g/mol. The molecule has 0 aromatic carbocycles. The number of aromatic nitrogens is 1. The van der Waals surface area contributed by atoms with E-state index < -0.39 is 5.97 Å². The van der Waals surface area contributed by atoms with Crippen LogP contribution in [0.1, 0.15) is 10.4 Å². The summed E-state index contributed by atoms with van der Waals surface area (Å²) in [6, 6.07) is 3.00. The molecule has 0 fully saturated rings. The molecule has 1 aromatic heterocycles. The summed E-state index contributed by atoms with van der Waals surface area (Å²) in [7, 11) is 3.29. The van der Waals surface area contributed by atoms with Gasteiger partial charge in [0.05, 0.1) is 5.56 Å². The fourth-order valence-electron chi connectivity index (χ4n) is 0.970. The van der Waals surface area contributed by atoms with Gasteiger partial charge in [-0.1, -0.05) is 6.58 Å². The van der Waals surface area contributed by atoms with Crippen LogP contribution in [0.5, 0.6) is 5.88 Å². The van der Waals surface area contributed by atoms with Gasteiger partial charge in [0.1, 0.15) is 0 Å². The summed E-state index contributed by atoms with van der Waals surface area (Å²) in [6.07, 6.45) is 2.40. The molecule has 0 aliphatic carbocycles. The molecule has 0 radical (unpaired) electrons. The van der Waals surface area contributed by atoms with E-state index >= 15 is 0 Å². The molecule has 0 spiro atoms. The second-order valence-electron chi connectivity index (χ2n) is 3.21. The Bertz CT molecular complexity index is 410. The van der Waals surface area contributed by atoms with Crippen molar-refractivity contribution in [3.8, 4) is 5.88 Å². The fourth-order valence-corrected chi connectivity index (χ4v) is 0.970. The van der Waals surface area contributed by atoms with Gasteiger partial charge in [0, 0.05) is 32.4 Å². The molecule has 1 rings (SSSR count). The fraction of sp³-hybridized carbons (Fsp3) is 0.182. The Morgan fingerprint density at radius 1 is 1.44 bits per heavy atom. The summed E-state index contributed by atoms with van der Waals surface area (Å²) in [6.45, 7) is 3.26. The Labute approximate surface area is 93.3 Å². The highest BCUT2D eigenvalue weighted by atomic mass is 16.5. The molecule has 0 aliphatic rings. The number of pyridine rings is 1. The molecule has 0 bridgehead atoms. The van der Waals surface area contributed by atoms with Gasteiger partial charge in [-0.15, -0.1) is 0 Å². The van der Waals surface area contributed by atoms with Crippen LogP contribution in [0.4, 0.5) is 0 Å². The molecular formula is C11H12N2O3. The van der Waals surface area contributed by atoms with Crippen molar-refractivity contribution in [3.63, 3.8) is 0 Å². The van der Waals surface area contributed by atoms with Gasteiger partial charge in [0.2, 0.25) is 5.88 Å². The van der Waals surface area contributed by atoms with Crippen molar-refractivity contribution in [2.24, 2.45) is 0 Å². The first-order valence-electron chi connectivity index (χ1n) is 4.56. The van der Waals surface area contributed by atoms with Gasteiger partial charge in [0.15, 0.2) is 0 Å². The Kier molecular flexibility index (Phi) is 3.77. The lowest BCUT2D eigenvalue weighted by Crippen LogP contribution is -2.21. The molecule has 5 nitrogen and oxygen atoms in total. The summed E-state index contributed by atoms with van der Waals surface area (Å²) >= 11 is 0. The van der Waals surface area contributed by atoms with Crippen molar-refractivity contribution < 1.29 is 14.3 Å². The molecule has 0 saturated heterocycles. The van der Waals surface area contributed by atoms with Gasteiger partial charge in [-0.05, 0) is 6.07 Å². The average Bonchev–Trinajstić information content (AvgIpc) is 2.28. The predicted octanol–water partition coefficient (Wildman–Crippen LogP) is 0.875. The minimum atomic E-state index is -0.584. The third-order valence-electron chi connectivity index (χ3n) is 1.76. The Balaban J connectivity index is 2.79. The first-order chi connectivity index (χ1) is 7.54. The quantitative estimate of drug-likeness (QED) is 0.560. The molecule has 0 saturated carbocycles. The third-order valence-corrected chi connectivity index (χ3v) is 1.76. The molecule has 0 atom stereocenters. The summed E-state index contributed by atoms with van der Waals surface area (Å²) in [5.74, 6) is -0.603. The zero-order valence-electron chi connectivity index (χ0n) is 9.14. The molecule has 5 heteroatoms. The first-order valence-corrected chi connectivity index (χ1v) is 4.56. The summed E-state index contributed by atoms with van der Waals surface area (Å²) in [5.41, 5.74) is 0.434. The second-order valence-corrected chi connectivity index (χ2v) is 3.21. The van der Waals surface area contributed by atoms with Crippen LogP contribution in [-0.4, -0.2) is 35.9 Å². The molecule has 0 N–H and O–H groups in total. The topological polar surface area (TPSA) is 59.5 Å². The maximum absolute atomic E-state index is 11.5. The second kappa shape index (κ2) is 5.06. The van der Waals surface area contributed by atoms with E-state index in [2.05, 4.69) is 11.6 Å². The number of rotatable bonds is 3. The number of amides is 1. The van der Waals surface area contributed by atoms with E-state index in [0.29, 0.717) is 5.56 Å². The molecule has 1 amide bonds. The van der Waals surface area contributed by atoms with Crippen LogP contribution in [0.2, 0.25) is 0 Å². The Morgan fingerprint density at radius 3 is 2.56 bits per heavy atom. The molecule has 84 valence electrons. The van der Waals surface area contributed by atoms with E-state index in [-0.39, 0.29) is 11.8 Å². The Hall–Kier alpha value is -2.17. The highest BCUT2D eigenvalue weighted by molar-refractivity contribution is 5.93. The molecule has 0 unspecified atom stereocenters. The molecular weight excluding hydrogens is 208 g/mol. The zero-order chi connectivity index (χ0) is 12.1. The largest absolute Gasteiger partial charge is 0.404 e. The predicted molar refractivity (Wildman–Crippen MR) is 58.1 cm³/mol. The van der Waals surface area contributed by atoms with Crippen LogP contribution >= 0.6 is 0 Å². The van der Waals surface area contributed by atoms with Crippen molar-refractivity contribution in [2.75, 3.05) is 14.1 Å². The van der Waals surface area contributed by atoms with Gasteiger partial charge in [0.25, 0.3) is 5.91 Å². The minimum absolute atomic E-state index is 0.139. The number of carbonyl (C=O) groups is 2. The van der Waals surface area contributed by atoms with E-state index in [1.807, 2.05) is 0 Å². The maximum atomic E-state index is 11.5. The summed E-state index contributed by atoms with van der Waals surface area (Å²) < 4.78 is 4.77. The lowest BCUT2D eigenvalue weighted by atomic mass is 10.2. The van der Waals surface area contributed by atoms with Crippen molar-refractivity contribution in [3.05, 3.63) is 36.5 Å². The lowest BCUT2D eigenvalue weighted by Gasteiger charge is -2.09. The van der Waals surface area contributed by atoms with Gasteiger partial charge in [-0.2, -0.15) is 0 Å². The number of ether oxygens (including phenoxy) is 1. The number of hydrogen-bond donors (Lipinski definition) is 0. The van der Waals surface area contributed by atoms with Crippen LogP contribution in [0, 0.1) is 0 Å². The number of carbonyl (C=O) groups excluding carboxylic acids is 2. The zero-order valence-corrected chi connectivity index (χ0v) is 9.14. The molecule has 1 heterocycles. The van der Waals surface area contributed by atoms with Crippen LogP contribution in [0.15, 0.2) is 31.0 Å². The molecule has 1 aromatic rings. The van der Waals surface area contributed by atoms with Gasteiger partial charge < -0.3 is 9.64 Å². The van der Waals surface area contributed by atoms with Crippen molar-refractivity contribution in [1.82, 2.24) is 9.88 Å². The van der Waals surface area contributed by atoms with Gasteiger partial charge >= 0.3 is 5.97 Å². The van der Waals surface area contributed by atoms with E-state index in [4.69, 9.17) is 4.74 Å². The van der Waals surface area contributed by atoms with Crippen molar-refractivity contribution in [1.29, 1.82) is 0 Å².